The zero-order valence-electron chi connectivity index (χ0n) is 35.4. The van der Waals surface area contributed by atoms with E-state index in [4.69, 9.17) is 18.9 Å². The van der Waals surface area contributed by atoms with Gasteiger partial charge >= 0.3 is 17.9 Å². The van der Waals surface area contributed by atoms with Crippen LogP contribution in [-0.2, 0) is 33.3 Å². The average molecular weight is 757 g/mol. The van der Waals surface area contributed by atoms with E-state index in [2.05, 4.69) is 13.8 Å². The molecule has 9 nitrogen and oxygen atoms in total. The number of nitrogens with zero attached hydrogens (tertiary/aromatic N) is 1. The molecule has 0 aliphatic rings. The second-order valence-electron chi connectivity index (χ2n) is 16.4. The Morgan fingerprint density at radius 3 is 1.21 bits per heavy atom. The fourth-order valence-corrected chi connectivity index (χ4v) is 6.37. The van der Waals surface area contributed by atoms with E-state index in [1.165, 1.54) is 141 Å². The second-order valence-corrected chi connectivity index (χ2v) is 16.4. The Hall–Kier alpha value is -1.71. The van der Waals surface area contributed by atoms with Crippen LogP contribution >= 0.6 is 0 Å². The molecule has 0 saturated carbocycles. The molecule has 2 atom stereocenters. The molecule has 9 heteroatoms. The van der Waals surface area contributed by atoms with E-state index in [0.717, 1.165) is 38.5 Å². The number of unbranched alkanes of at least 4 members (excludes halogenated alkanes) is 26. The molecule has 0 aromatic carbocycles. The molecule has 0 aliphatic carbocycles. The lowest BCUT2D eigenvalue weighted by Gasteiger charge is -2.25. The SMILES string of the molecule is CCCCCCCCCCCCCCCCC(=O)OCC(COC(OCC[N+](C)(C)C)C(=O)O)OC(=O)CCCCCCCCCCCCCCCC. The summed E-state index contributed by atoms with van der Waals surface area (Å²) >= 11 is 0. The van der Waals surface area contributed by atoms with Crippen LogP contribution in [0.4, 0.5) is 0 Å². The predicted octanol–water partition coefficient (Wildman–Crippen LogP) is 11.3. The van der Waals surface area contributed by atoms with Crippen molar-refractivity contribution < 1.29 is 42.9 Å². The lowest BCUT2D eigenvalue weighted by molar-refractivity contribution is -0.870. The van der Waals surface area contributed by atoms with Crippen molar-refractivity contribution in [1.29, 1.82) is 0 Å². The van der Waals surface area contributed by atoms with Crippen LogP contribution in [0.25, 0.3) is 0 Å². The standard InChI is InChI=1S/C44H85NO8/c1-6-8-10-12-14-16-18-20-22-24-26-28-30-32-34-41(46)51-38-40(39-52-44(43(48)49)50-37-36-45(3,4)5)53-42(47)35-33-31-29-27-25-23-21-19-17-15-13-11-9-7-2/h40,44H,6-39H2,1-5H3/p+1. The van der Waals surface area contributed by atoms with Gasteiger partial charge in [0.25, 0.3) is 6.29 Å². The van der Waals surface area contributed by atoms with Crippen molar-refractivity contribution in [3.8, 4) is 0 Å². The maximum Gasteiger partial charge on any atom is 0.361 e. The van der Waals surface area contributed by atoms with Gasteiger partial charge in [-0.3, -0.25) is 9.59 Å². The molecule has 0 rings (SSSR count). The van der Waals surface area contributed by atoms with E-state index < -0.39 is 24.3 Å². The van der Waals surface area contributed by atoms with Crippen molar-refractivity contribution in [1.82, 2.24) is 0 Å². The summed E-state index contributed by atoms with van der Waals surface area (Å²) in [5.41, 5.74) is 0. The number of ether oxygens (including phenoxy) is 4. The van der Waals surface area contributed by atoms with Crippen LogP contribution in [0.1, 0.15) is 206 Å². The van der Waals surface area contributed by atoms with Gasteiger partial charge in [-0.05, 0) is 12.8 Å². The summed E-state index contributed by atoms with van der Waals surface area (Å²) in [4.78, 5) is 37.0. The van der Waals surface area contributed by atoms with E-state index in [1.807, 2.05) is 21.1 Å². The first-order chi connectivity index (χ1) is 25.6. The van der Waals surface area contributed by atoms with Crippen LogP contribution in [0.5, 0.6) is 0 Å². The normalized spacial score (nSPS) is 12.8. The van der Waals surface area contributed by atoms with E-state index in [0.29, 0.717) is 17.4 Å². The van der Waals surface area contributed by atoms with Gasteiger partial charge in [0.2, 0.25) is 0 Å². The highest BCUT2D eigenvalue weighted by atomic mass is 16.7. The summed E-state index contributed by atoms with van der Waals surface area (Å²) in [6.45, 7) is 4.89. The van der Waals surface area contributed by atoms with E-state index in [-0.39, 0.29) is 32.2 Å². The Morgan fingerprint density at radius 2 is 0.849 bits per heavy atom. The van der Waals surface area contributed by atoms with E-state index >= 15 is 0 Å². The molecule has 53 heavy (non-hydrogen) atoms. The molecular weight excluding hydrogens is 670 g/mol. The van der Waals surface area contributed by atoms with Crippen LogP contribution in [0.2, 0.25) is 0 Å². The molecule has 0 radical (unpaired) electrons. The molecule has 0 saturated heterocycles. The van der Waals surface area contributed by atoms with Crippen LogP contribution in [0.15, 0.2) is 0 Å². The lowest BCUT2D eigenvalue weighted by atomic mass is 10.0. The van der Waals surface area contributed by atoms with Gasteiger partial charge in [0, 0.05) is 12.8 Å². The van der Waals surface area contributed by atoms with Crippen molar-refractivity contribution in [2.24, 2.45) is 0 Å². The van der Waals surface area contributed by atoms with Gasteiger partial charge in [-0.25, -0.2) is 4.79 Å². The molecule has 0 aliphatic heterocycles. The molecule has 314 valence electrons. The van der Waals surface area contributed by atoms with Crippen LogP contribution in [0.3, 0.4) is 0 Å². The number of rotatable bonds is 41. The van der Waals surface area contributed by atoms with Crippen LogP contribution in [-0.4, -0.2) is 87.4 Å². The van der Waals surface area contributed by atoms with Gasteiger partial charge in [0.05, 0.1) is 34.4 Å². The van der Waals surface area contributed by atoms with Gasteiger partial charge in [0.1, 0.15) is 13.2 Å². The highest BCUT2D eigenvalue weighted by Gasteiger charge is 2.25. The number of carbonyl (C=O) groups excluding carboxylic acids is 2. The first kappa shape index (κ1) is 51.3. The van der Waals surface area contributed by atoms with E-state index in [1.54, 1.807) is 0 Å². The Bertz CT molecular complexity index is 846. The van der Waals surface area contributed by atoms with E-state index in [9.17, 15) is 19.5 Å². The number of carbonyl (C=O) groups is 3. The van der Waals surface area contributed by atoms with Gasteiger partial charge < -0.3 is 28.5 Å². The minimum absolute atomic E-state index is 0.173. The topological polar surface area (TPSA) is 108 Å². The average Bonchev–Trinajstić information content (AvgIpc) is 3.11. The number of esters is 2. The number of quaternary nitrogens is 1. The summed E-state index contributed by atoms with van der Waals surface area (Å²) < 4.78 is 22.7. The molecule has 0 amide bonds. The molecule has 0 heterocycles. The van der Waals surface area contributed by atoms with Crippen LogP contribution in [0, 0.1) is 0 Å². The minimum Gasteiger partial charge on any atom is -0.477 e. The second kappa shape index (κ2) is 37.2. The van der Waals surface area contributed by atoms with Crippen molar-refractivity contribution in [3.05, 3.63) is 0 Å². The first-order valence-corrected chi connectivity index (χ1v) is 22.2. The zero-order chi connectivity index (χ0) is 39.3. The molecule has 1 N–H and O–H groups in total. The largest absolute Gasteiger partial charge is 0.477 e. The Labute approximate surface area is 326 Å². The number of aliphatic carboxylic acids is 1. The highest BCUT2D eigenvalue weighted by Crippen LogP contribution is 2.16. The quantitative estimate of drug-likeness (QED) is 0.0284. The van der Waals surface area contributed by atoms with Gasteiger partial charge in [-0.2, -0.15) is 0 Å². The number of hydrogen-bond acceptors (Lipinski definition) is 7. The van der Waals surface area contributed by atoms with Crippen molar-refractivity contribution in [3.63, 3.8) is 0 Å². The molecule has 0 fully saturated rings. The third kappa shape index (κ3) is 38.4. The predicted molar refractivity (Wildman–Crippen MR) is 217 cm³/mol. The Balaban J connectivity index is 4.42. The molecule has 2 unspecified atom stereocenters. The molecular formula is C44H86NO8+. The third-order valence-electron chi connectivity index (χ3n) is 9.86. The molecule has 0 aromatic heterocycles. The summed E-state index contributed by atoms with van der Waals surface area (Å²) in [6, 6.07) is 0. The number of hydrogen-bond donors (Lipinski definition) is 1. The van der Waals surface area contributed by atoms with Crippen molar-refractivity contribution in [2.45, 2.75) is 219 Å². The van der Waals surface area contributed by atoms with Gasteiger partial charge in [0.15, 0.2) is 6.10 Å². The fourth-order valence-electron chi connectivity index (χ4n) is 6.37. The summed E-state index contributed by atoms with van der Waals surface area (Å²) in [5, 5.41) is 9.62. The number of likely N-dealkylation sites (N-methyl/N-ethyl adjacent to an activating group) is 1. The lowest BCUT2D eigenvalue weighted by Crippen LogP contribution is -2.40. The molecule has 0 bridgehead atoms. The van der Waals surface area contributed by atoms with Crippen molar-refractivity contribution in [2.75, 3.05) is 47.5 Å². The van der Waals surface area contributed by atoms with Gasteiger partial charge in [-0.1, -0.05) is 181 Å². The molecule has 0 aromatic rings. The number of carboxylic acid groups (broad SMARTS) is 1. The summed E-state index contributed by atoms with van der Waals surface area (Å²) in [7, 11) is 5.96. The highest BCUT2D eigenvalue weighted by molar-refractivity contribution is 5.71. The first-order valence-electron chi connectivity index (χ1n) is 22.2. The maximum atomic E-state index is 12.7. The number of carboxylic acids is 1. The third-order valence-corrected chi connectivity index (χ3v) is 9.86. The van der Waals surface area contributed by atoms with Crippen molar-refractivity contribution >= 4 is 17.9 Å². The smallest absolute Gasteiger partial charge is 0.361 e. The Morgan fingerprint density at radius 1 is 0.491 bits per heavy atom. The zero-order valence-corrected chi connectivity index (χ0v) is 35.4. The Kier molecular flexibility index (Phi) is 36.0. The fraction of sp³-hybridized carbons (Fsp3) is 0.932. The minimum atomic E-state index is -1.50. The van der Waals surface area contributed by atoms with Gasteiger partial charge in [-0.15, -0.1) is 0 Å². The maximum absolute atomic E-state index is 12.7. The summed E-state index contributed by atoms with van der Waals surface area (Å²) in [6.07, 6.45) is 32.9. The molecule has 0 spiro atoms. The summed E-state index contributed by atoms with van der Waals surface area (Å²) in [5.74, 6) is -1.99. The van der Waals surface area contributed by atoms with Crippen LogP contribution < -0.4 is 0 Å². The monoisotopic (exact) mass is 757 g/mol.